The molecule has 2 aliphatic heterocycles. The number of piperazine rings is 1. The van der Waals surface area contributed by atoms with Gasteiger partial charge >= 0.3 is 0 Å². The van der Waals surface area contributed by atoms with Crippen LogP contribution < -0.4 is 5.32 Å². The molecule has 0 aromatic heterocycles. The fourth-order valence-electron chi connectivity index (χ4n) is 2.38. The van der Waals surface area contributed by atoms with Crippen LogP contribution in [0.3, 0.4) is 0 Å². The Bertz CT molecular complexity index is 211. The summed E-state index contributed by atoms with van der Waals surface area (Å²) in [6.07, 6.45) is 3.52. The number of rotatable bonds is 1. The zero-order valence-corrected chi connectivity index (χ0v) is 7.12. The molecule has 1 amide bonds. The monoisotopic (exact) mass is 166 g/mol. The van der Waals surface area contributed by atoms with Crippen molar-refractivity contribution in [2.75, 3.05) is 13.1 Å². The van der Waals surface area contributed by atoms with Crippen molar-refractivity contribution in [3.8, 4) is 0 Å². The van der Waals surface area contributed by atoms with Gasteiger partial charge in [0.2, 0.25) is 5.91 Å². The van der Waals surface area contributed by atoms with Crippen LogP contribution in [0.1, 0.15) is 19.3 Å². The molecule has 3 heteroatoms. The van der Waals surface area contributed by atoms with Gasteiger partial charge in [-0.05, 0) is 19.3 Å². The maximum atomic E-state index is 11.7. The standard InChI is InChI=1S/C9H14N2O/c12-9(6-1-2-6)11-7-3-8(11)5-10-4-7/h6-8,10H,1-5H2. The summed E-state index contributed by atoms with van der Waals surface area (Å²) >= 11 is 0. The molecule has 66 valence electrons. The number of amides is 1. The molecule has 12 heavy (non-hydrogen) atoms. The Morgan fingerprint density at radius 1 is 1.25 bits per heavy atom. The van der Waals surface area contributed by atoms with Crippen molar-refractivity contribution in [3.63, 3.8) is 0 Å². The van der Waals surface area contributed by atoms with Crippen molar-refractivity contribution in [2.24, 2.45) is 5.92 Å². The van der Waals surface area contributed by atoms with Crippen LogP contribution in [0.4, 0.5) is 0 Å². The van der Waals surface area contributed by atoms with E-state index in [0.29, 0.717) is 23.9 Å². The highest BCUT2D eigenvalue weighted by Crippen LogP contribution is 2.37. The van der Waals surface area contributed by atoms with E-state index in [1.54, 1.807) is 0 Å². The van der Waals surface area contributed by atoms with Crippen LogP contribution in [0.15, 0.2) is 0 Å². The summed E-state index contributed by atoms with van der Waals surface area (Å²) < 4.78 is 0. The zero-order chi connectivity index (χ0) is 8.13. The van der Waals surface area contributed by atoms with E-state index in [-0.39, 0.29) is 0 Å². The van der Waals surface area contributed by atoms with E-state index in [1.807, 2.05) is 0 Å². The maximum Gasteiger partial charge on any atom is 0.226 e. The van der Waals surface area contributed by atoms with Gasteiger partial charge in [0.25, 0.3) is 0 Å². The third-order valence-corrected chi connectivity index (χ3v) is 3.27. The molecule has 3 rings (SSSR count). The van der Waals surface area contributed by atoms with Crippen LogP contribution in [0.5, 0.6) is 0 Å². The SMILES string of the molecule is O=C(C1CC1)N1C2CNCC1C2. The molecule has 2 heterocycles. The molecule has 0 aromatic carbocycles. The molecule has 3 nitrogen and oxygen atoms in total. The van der Waals surface area contributed by atoms with Gasteiger partial charge in [0.05, 0.1) is 0 Å². The van der Waals surface area contributed by atoms with Crippen LogP contribution >= 0.6 is 0 Å². The summed E-state index contributed by atoms with van der Waals surface area (Å²) in [5.74, 6) is 0.853. The van der Waals surface area contributed by atoms with Gasteiger partial charge < -0.3 is 10.2 Å². The first-order chi connectivity index (χ1) is 5.86. The predicted molar refractivity (Wildman–Crippen MR) is 44.6 cm³/mol. The van der Waals surface area contributed by atoms with Crippen molar-refractivity contribution < 1.29 is 4.79 Å². The largest absolute Gasteiger partial charge is 0.334 e. The molecule has 2 unspecified atom stereocenters. The van der Waals surface area contributed by atoms with Crippen LogP contribution in [-0.2, 0) is 4.79 Å². The van der Waals surface area contributed by atoms with Crippen molar-refractivity contribution >= 4 is 5.91 Å². The van der Waals surface area contributed by atoms with E-state index in [2.05, 4.69) is 10.2 Å². The summed E-state index contributed by atoms with van der Waals surface area (Å²) in [5.41, 5.74) is 0. The van der Waals surface area contributed by atoms with E-state index >= 15 is 0 Å². The average Bonchev–Trinajstić information content (AvgIpc) is 2.87. The van der Waals surface area contributed by atoms with Crippen LogP contribution in [-0.4, -0.2) is 36.0 Å². The van der Waals surface area contributed by atoms with Crippen molar-refractivity contribution in [2.45, 2.75) is 31.3 Å². The first-order valence-electron chi connectivity index (χ1n) is 4.89. The molecular formula is C9H14N2O. The number of hydrogen-bond donors (Lipinski definition) is 1. The van der Waals surface area contributed by atoms with E-state index in [9.17, 15) is 4.79 Å². The summed E-state index contributed by atoms with van der Waals surface area (Å²) in [4.78, 5) is 13.8. The lowest BCUT2D eigenvalue weighted by molar-refractivity contribution is -0.148. The molecule has 0 aromatic rings. The first-order valence-corrected chi connectivity index (χ1v) is 4.89. The topological polar surface area (TPSA) is 32.3 Å². The molecule has 0 spiro atoms. The van der Waals surface area contributed by atoms with Crippen molar-refractivity contribution in [3.05, 3.63) is 0 Å². The number of carbonyl (C=O) groups is 1. The lowest BCUT2D eigenvalue weighted by Gasteiger charge is -2.53. The van der Waals surface area contributed by atoms with E-state index in [0.717, 1.165) is 25.9 Å². The van der Waals surface area contributed by atoms with Gasteiger partial charge in [-0.2, -0.15) is 0 Å². The number of fused-ring (bicyclic) bond motifs is 2. The Balaban J connectivity index is 1.72. The van der Waals surface area contributed by atoms with E-state index in [4.69, 9.17) is 0 Å². The van der Waals surface area contributed by atoms with Gasteiger partial charge in [-0.15, -0.1) is 0 Å². The second-order valence-electron chi connectivity index (χ2n) is 4.22. The van der Waals surface area contributed by atoms with E-state index in [1.165, 1.54) is 6.42 Å². The molecule has 2 saturated heterocycles. The van der Waals surface area contributed by atoms with Crippen molar-refractivity contribution in [1.29, 1.82) is 0 Å². The average molecular weight is 166 g/mol. The minimum absolute atomic E-state index is 0.411. The normalized spacial score (nSPS) is 39.2. The van der Waals surface area contributed by atoms with Gasteiger partial charge in [-0.25, -0.2) is 0 Å². The molecule has 2 bridgehead atoms. The fourth-order valence-corrected chi connectivity index (χ4v) is 2.38. The van der Waals surface area contributed by atoms with Gasteiger partial charge in [0.15, 0.2) is 0 Å². The molecule has 3 fully saturated rings. The molecule has 0 radical (unpaired) electrons. The first kappa shape index (κ1) is 6.89. The smallest absolute Gasteiger partial charge is 0.226 e. The number of nitrogens with one attached hydrogen (secondary N) is 1. The van der Waals surface area contributed by atoms with Crippen molar-refractivity contribution in [1.82, 2.24) is 10.2 Å². The highest BCUT2D eigenvalue weighted by atomic mass is 16.2. The molecule has 1 aliphatic carbocycles. The van der Waals surface area contributed by atoms with Crippen LogP contribution in [0.25, 0.3) is 0 Å². The highest BCUT2D eigenvalue weighted by Gasteiger charge is 2.47. The van der Waals surface area contributed by atoms with Crippen LogP contribution in [0.2, 0.25) is 0 Å². The van der Waals surface area contributed by atoms with Gasteiger partial charge in [-0.3, -0.25) is 4.79 Å². The molecule has 3 aliphatic rings. The fraction of sp³-hybridized carbons (Fsp3) is 0.889. The minimum atomic E-state index is 0.411. The Hall–Kier alpha value is -0.570. The Labute approximate surface area is 72.1 Å². The number of carbonyl (C=O) groups excluding carboxylic acids is 1. The lowest BCUT2D eigenvalue weighted by atomic mass is 9.88. The number of hydrogen-bond acceptors (Lipinski definition) is 2. The quantitative estimate of drug-likeness (QED) is 0.593. The summed E-state index contributed by atoms with van der Waals surface area (Å²) in [5, 5.41) is 3.33. The van der Waals surface area contributed by atoms with Gasteiger partial charge in [0.1, 0.15) is 0 Å². The lowest BCUT2D eigenvalue weighted by Crippen LogP contribution is -2.69. The third kappa shape index (κ3) is 0.829. The summed E-state index contributed by atoms with van der Waals surface area (Å²) in [6, 6.07) is 1.08. The second kappa shape index (κ2) is 2.22. The second-order valence-corrected chi connectivity index (χ2v) is 4.22. The molecule has 1 saturated carbocycles. The third-order valence-electron chi connectivity index (χ3n) is 3.27. The molecular weight excluding hydrogens is 152 g/mol. The number of piperidine rings is 1. The zero-order valence-electron chi connectivity index (χ0n) is 7.12. The Morgan fingerprint density at radius 3 is 2.42 bits per heavy atom. The predicted octanol–water partition coefficient (Wildman–Crippen LogP) is -0.0309. The Kier molecular flexibility index (Phi) is 1.28. The van der Waals surface area contributed by atoms with Gasteiger partial charge in [0, 0.05) is 31.1 Å². The molecule has 2 atom stereocenters. The highest BCUT2D eigenvalue weighted by molar-refractivity contribution is 5.82. The summed E-state index contributed by atoms with van der Waals surface area (Å²) in [7, 11) is 0. The summed E-state index contributed by atoms with van der Waals surface area (Å²) in [6.45, 7) is 2.05. The molecule has 1 N–H and O–H groups in total. The Morgan fingerprint density at radius 2 is 1.92 bits per heavy atom. The van der Waals surface area contributed by atoms with E-state index < -0.39 is 0 Å². The van der Waals surface area contributed by atoms with Crippen LogP contribution in [0, 0.1) is 5.92 Å². The minimum Gasteiger partial charge on any atom is -0.334 e. The maximum absolute atomic E-state index is 11.7. The number of nitrogens with zero attached hydrogens (tertiary/aromatic N) is 1. The van der Waals surface area contributed by atoms with Gasteiger partial charge in [-0.1, -0.05) is 0 Å².